The molecule has 71 heavy (non-hydrogen) atoms. The van der Waals surface area contributed by atoms with Gasteiger partial charge in [0.05, 0.1) is 47.2 Å². The van der Waals surface area contributed by atoms with Crippen molar-refractivity contribution in [3.8, 4) is 5.75 Å². The number of rotatable bonds is 14. The fourth-order valence-electron chi connectivity index (χ4n) is 11.5. The van der Waals surface area contributed by atoms with Crippen molar-refractivity contribution in [2.24, 2.45) is 23.7 Å². The Morgan fingerprint density at radius 3 is 2.24 bits per heavy atom. The third-order valence-electron chi connectivity index (χ3n) is 15.8. The Bertz CT molecular complexity index is 1980. The van der Waals surface area contributed by atoms with Crippen LogP contribution in [0.25, 0.3) is 0 Å². The summed E-state index contributed by atoms with van der Waals surface area (Å²) >= 11 is 0. The zero-order valence-electron chi connectivity index (χ0n) is 44.1. The minimum absolute atomic E-state index is 0.174. The van der Waals surface area contributed by atoms with Crippen molar-refractivity contribution in [3.05, 3.63) is 41.7 Å². The first-order valence-corrected chi connectivity index (χ1v) is 25.4. The normalized spacial score (nSPS) is 39.7. The Hall–Kier alpha value is -3.02. The summed E-state index contributed by atoms with van der Waals surface area (Å²) in [5.41, 5.74) is -2.92. The van der Waals surface area contributed by atoms with Gasteiger partial charge in [0, 0.05) is 50.8 Å². The summed E-state index contributed by atoms with van der Waals surface area (Å²) in [6.45, 7) is 19.3. The average molecular weight is 1020 g/mol. The van der Waals surface area contributed by atoms with E-state index in [1.54, 1.807) is 58.4 Å². The molecule has 3 fully saturated rings. The standard InChI is InChI=1S/C51H84F3N5O12/c1-14-40-50(10,65)43(61)33(6)58(12)27-29(2)25-48(8,64)45(31(4)41(32(5)46(63)69-40)39-26-49(9,66-13)44(62)34(7)68-39)70-47-42(60)38(24-30(3)67-47)57(11)22-15-16-36-28-59(56-55-36)23-21-35-17-19-37(20-18-35)71-51(52,53)54/h17-20,28-34,38-45,47,60-62,64-65H,14-16,21-27H2,1-13H3/t29-,30-,31+,32-,33-,34+,38+,39-,40-,41?,42-,43-,44+,45-,47+,48-,49-,50-/m1/s1. The van der Waals surface area contributed by atoms with E-state index in [1.807, 2.05) is 46.0 Å². The number of aryl methyl sites for hydroxylation is 3. The number of methoxy groups -OCH3 is 1. The van der Waals surface area contributed by atoms with Crippen molar-refractivity contribution < 1.29 is 71.9 Å². The average Bonchev–Trinajstić information content (AvgIpc) is 3.75. The second-order valence-electron chi connectivity index (χ2n) is 21.8. The molecule has 17 nitrogen and oxygen atoms in total. The molecular formula is C51H84F3N5O12. The number of aromatic nitrogens is 3. The largest absolute Gasteiger partial charge is 0.573 e. The van der Waals surface area contributed by atoms with Gasteiger partial charge in [0.25, 0.3) is 0 Å². The van der Waals surface area contributed by atoms with Gasteiger partial charge in [0.15, 0.2) is 6.29 Å². The molecule has 3 aliphatic heterocycles. The van der Waals surface area contributed by atoms with Crippen molar-refractivity contribution in [2.45, 2.75) is 211 Å². The maximum Gasteiger partial charge on any atom is 0.573 e. The van der Waals surface area contributed by atoms with Crippen molar-refractivity contribution in [1.82, 2.24) is 24.8 Å². The van der Waals surface area contributed by atoms with Gasteiger partial charge in [-0.3, -0.25) is 9.48 Å². The number of ether oxygens (including phenoxy) is 6. The number of esters is 1. The number of likely N-dealkylation sites (N-methyl/N-ethyl adjacent to an activating group) is 2. The molecule has 20 heteroatoms. The molecule has 1 unspecified atom stereocenters. The summed E-state index contributed by atoms with van der Waals surface area (Å²) in [5.74, 6) is -3.51. The lowest BCUT2D eigenvalue weighted by molar-refractivity contribution is -0.303. The van der Waals surface area contributed by atoms with Gasteiger partial charge in [0.2, 0.25) is 0 Å². The molecule has 0 aliphatic carbocycles. The van der Waals surface area contributed by atoms with Gasteiger partial charge in [0.1, 0.15) is 35.8 Å². The van der Waals surface area contributed by atoms with Crippen molar-refractivity contribution >= 4 is 5.97 Å². The van der Waals surface area contributed by atoms with Crippen LogP contribution >= 0.6 is 0 Å². The number of hydrogen-bond acceptors (Lipinski definition) is 16. The van der Waals surface area contributed by atoms with E-state index < -0.39 is 108 Å². The summed E-state index contributed by atoms with van der Waals surface area (Å²) in [6, 6.07) is 4.74. The first kappa shape index (κ1) is 58.9. The zero-order valence-corrected chi connectivity index (χ0v) is 44.1. The molecule has 1 aromatic heterocycles. The molecule has 406 valence electrons. The van der Waals surface area contributed by atoms with Gasteiger partial charge in [-0.1, -0.05) is 45.0 Å². The molecule has 0 spiro atoms. The monoisotopic (exact) mass is 1020 g/mol. The number of benzene rings is 1. The van der Waals surface area contributed by atoms with Crippen LogP contribution in [-0.2, 0) is 47.9 Å². The first-order chi connectivity index (χ1) is 33.0. The van der Waals surface area contributed by atoms with Crippen LogP contribution in [0.4, 0.5) is 13.2 Å². The van der Waals surface area contributed by atoms with Gasteiger partial charge in [-0.25, -0.2) is 0 Å². The van der Waals surface area contributed by atoms with E-state index in [4.69, 9.17) is 23.7 Å². The summed E-state index contributed by atoms with van der Waals surface area (Å²) < 4.78 is 75.4. The number of carbonyl (C=O) groups excluding carboxylic acids is 1. The van der Waals surface area contributed by atoms with E-state index in [0.29, 0.717) is 45.3 Å². The summed E-state index contributed by atoms with van der Waals surface area (Å²) in [4.78, 5) is 18.6. The number of nitrogens with zero attached hydrogens (tertiary/aromatic N) is 5. The second-order valence-corrected chi connectivity index (χ2v) is 21.8. The number of alkyl halides is 3. The molecule has 3 aliphatic rings. The summed E-state index contributed by atoms with van der Waals surface area (Å²) in [5, 5.41) is 68.5. The Morgan fingerprint density at radius 1 is 0.958 bits per heavy atom. The third kappa shape index (κ3) is 14.6. The molecule has 18 atom stereocenters. The van der Waals surface area contributed by atoms with E-state index in [9.17, 15) is 43.5 Å². The molecule has 5 rings (SSSR count). The van der Waals surface area contributed by atoms with Crippen molar-refractivity contribution in [3.63, 3.8) is 0 Å². The number of cyclic esters (lactones) is 1. The lowest BCUT2D eigenvalue weighted by Crippen LogP contribution is -2.62. The highest BCUT2D eigenvalue weighted by atomic mass is 19.4. The van der Waals surface area contributed by atoms with Gasteiger partial charge >= 0.3 is 12.3 Å². The Labute approximate surface area is 418 Å². The lowest BCUT2D eigenvalue weighted by atomic mass is 9.68. The lowest BCUT2D eigenvalue weighted by Gasteiger charge is -2.51. The molecule has 0 radical (unpaired) electrons. The fraction of sp³-hybridized carbons (Fsp3) is 0.824. The number of hydrogen-bond donors (Lipinski definition) is 5. The molecule has 0 bridgehead atoms. The Morgan fingerprint density at radius 2 is 1.62 bits per heavy atom. The van der Waals surface area contributed by atoms with E-state index in [0.717, 1.165) is 11.3 Å². The SMILES string of the molecule is CC[C@H]1OC(=O)[C@H](C)C([C@H]2C[C@@](C)(OC)[C@@H](O)[C@H](C)O2)[C@H](C)[C@@H](O[C@@H]2O[C@H](C)C[C@H](N(C)CCCc3cn(CCc4ccc(OC(F)(F)F)cc4)nn3)[C@H]2O)[C@](C)(O)C[C@@H](C)CN(C)[C@H](C)[C@@H](O)[C@]1(C)O. The fourth-order valence-corrected chi connectivity index (χ4v) is 11.5. The van der Waals surface area contributed by atoms with Crippen molar-refractivity contribution in [1.29, 1.82) is 0 Å². The van der Waals surface area contributed by atoms with E-state index in [1.165, 1.54) is 26.2 Å². The molecule has 3 saturated heterocycles. The highest BCUT2D eigenvalue weighted by molar-refractivity contribution is 5.73. The highest BCUT2D eigenvalue weighted by Crippen LogP contribution is 2.45. The second kappa shape index (κ2) is 24.1. The van der Waals surface area contributed by atoms with Crippen LogP contribution < -0.4 is 4.74 Å². The van der Waals surface area contributed by atoms with Crippen LogP contribution in [0.1, 0.15) is 113 Å². The zero-order chi connectivity index (χ0) is 53.0. The predicted molar refractivity (Wildman–Crippen MR) is 257 cm³/mol. The summed E-state index contributed by atoms with van der Waals surface area (Å²) in [7, 11) is 5.28. The third-order valence-corrected chi connectivity index (χ3v) is 15.8. The minimum atomic E-state index is -4.76. The smallest absolute Gasteiger partial charge is 0.459 e. The Balaban J connectivity index is 1.38. The van der Waals surface area contributed by atoms with E-state index >= 15 is 0 Å². The molecular weight excluding hydrogens is 932 g/mol. The first-order valence-electron chi connectivity index (χ1n) is 25.4. The molecule has 4 heterocycles. The van der Waals surface area contributed by atoms with Crippen LogP contribution in [0.2, 0.25) is 0 Å². The predicted octanol–water partition coefficient (Wildman–Crippen LogP) is 4.91. The Kier molecular flexibility index (Phi) is 20.0. The number of aliphatic hydroxyl groups excluding tert-OH is 3. The quantitative estimate of drug-likeness (QED) is 0.159. The summed E-state index contributed by atoms with van der Waals surface area (Å²) in [6.07, 6.45) is -8.67. The van der Waals surface area contributed by atoms with Gasteiger partial charge < -0.3 is 63.8 Å². The van der Waals surface area contributed by atoms with Gasteiger partial charge in [-0.15, -0.1) is 18.3 Å². The highest BCUT2D eigenvalue weighted by Gasteiger charge is 2.55. The molecule has 1 aromatic carbocycles. The van der Waals surface area contributed by atoms with Crippen LogP contribution in [-0.4, -0.2) is 181 Å². The molecule has 0 amide bonds. The van der Waals surface area contributed by atoms with E-state index in [2.05, 4.69) is 19.9 Å². The topological polar surface area (TPSA) is 211 Å². The molecule has 2 aromatic rings. The van der Waals surface area contributed by atoms with Crippen LogP contribution in [0.5, 0.6) is 5.75 Å². The van der Waals surface area contributed by atoms with E-state index in [-0.39, 0.29) is 37.0 Å². The van der Waals surface area contributed by atoms with Crippen LogP contribution in [0, 0.1) is 23.7 Å². The maximum absolute atomic E-state index is 14.6. The van der Waals surface area contributed by atoms with Crippen LogP contribution in [0.3, 0.4) is 0 Å². The van der Waals surface area contributed by atoms with Gasteiger partial charge in [-0.2, -0.15) is 0 Å². The van der Waals surface area contributed by atoms with Gasteiger partial charge in [-0.05, 0) is 130 Å². The molecule has 0 saturated carbocycles. The number of carbonyl (C=O) groups is 1. The van der Waals surface area contributed by atoms with Crippen LogP contribution in [0.15, 0.2) is 30.5 Å². The van der Waals surface area contributed by atoms with Crippen molar-refractivity contribution in [2.75, 3.05) is 34.3 Å². The molecule has 5 N–H and O–H groups in total. The number of aliphatic hydroxyl groups is 5. The minimum Gasteiger partial charge on any atom is -0.459 e. The number of halogens is 3. The maximum atomic E-state index is 14.6.